The Kier molecular flexibility index (Phi) is 4.26. The average molecular weight is 635 g/mol. The second kappa shape index (κ2) is 8.26. The van der Waals surface area contributed by atoms with E-state index in [4.69, 9.17) is 0 Å². The van der Waals surface area contributed by atoms with Crippen LogP contribution in [-0.4, -0.2) is 0 Å². The van der Waals surface area contributed by atoms with E-state index in [0.717, 1.165) is 0 Å². The van der Waals surface area contributed by atoms with Gasteiger partial charge in [0.2, 0.25) is 0 Å². The van der Waals surface area contributed by atoms with Gasteiger partial charge in [0.15, 0.2) is 0 Å². The van der Waals surface area contributed by atoms with Gasteiger partial charge in [0, 0.05) is 19.8 Å². The van der Waals surface area contributed by atoms with Crippen LogP contribution in [0.15, 0.2) is 121 Å². The third-order valence-corrected chi connectivity index (χ3v) is 13.2. The largest absolute Gasteiger partial charge is 0.135 e. The lowest BCUT2D eigenvalue weighted by atomic mass is 9.83. The highest BCUT2D eigenvalue weighted by atomic mass is 32.1. The summed E-state index contributed by atoms with van der Waals surface area (Å²) in [7, 11) is 0. The van der Waals surface area contributed by atoms with E-state index in [1.165, 1.54) is 138 Å². The number of hydrogen-bond acceptors (Lipinski definition) is 1. The van der Waals surface area contributed by atoms with Crippen molar-refractivity contribution in [1.82, 2.24) is 0 Å². The molecule has 0 nitrogen and oxygen atoms in total. The number of hydrogen-bond donors (Lipinski definition) is 0. The van der Waals surface area contributed by atoms with E-state index in [1.54, 1.807) is 0 Å². The van der Waals surface area contributed by atoms with Crippen molar-refractivity contribution in [2.75, 3.05) is 0 Å². The molecular formula is C48H26S. The summed E-state index contributed by atoms with van der Waals surface area (Å²) in [6.07, 6.45) is 0. The Labute approximate surface area is 283 Å². The van der Waals surface area contributed by atoms with Crippen molar-refractivity contribution in [3.63, 3.8) is 0 Å². The lowest BCUT2D eigenvalue weighted by Crippen LogP contribution is -1.92. The van der Waals surface area contributed by atoms with Crippen LogP contribution in [0.25, 0.3) is 85.8 Å². The number of aryl methyl sites for hydroxylation is 2. The summed E-state index contributed by atoms with van der Waals surface area (Å²) in [5, 5.41) is 29.1. The SMILES string of the molecule is Cc1cc(C)c2c(c1)=c1ccc3c4ccc5c6ccc7c8c(ccc(c9ccc(c%10ccc=2c1c3%10)c4c59)c86)=c1cc(-c2ccccc2)sc1=7. The smallest absolute Gasteiger partial charge is 0.0434 e. The molecule has 0 N–H and O–H groups in total. The van der Waals surface area contributed by atoms with Crippen LogP contribution in [-0.2, 0) is 0 Å². The van der Waals surface area contributed by atoms with Crippen LogP contribution < -0.4 is 0 Å². The van der Waals surface area contributed by atoms with Crippen molar-refractivity contribution < 1.29 is 0 Å². The predicted octanol–water partition coefficient (Wildman–Crippen LogP) is 12.8. The van der Waals surface area contributed by atoms with Gasteiger partial charge in [0.05, 0.1) is 0 Å². The van der Waals surface area contributed by atoms with Crippen LogP contribution in [0.3, 0.4) is 0 Å². The van der Waals surface area contributed by atoms with Crippen molar-refractivity contribution in [2.24, 2.45) is 0 Å². The van der Waals surface area contributed by atoms with Gasteiger partial charge in [0.25, 0.3) is 0 Å². The van der Waals surface area contributed by atoms with E-state index in [1.807, 2.05) is 11.3 Å². The van der Waals surface area contributed by atoms with Crippen LogP contribution in [0.1, 0.15) is 11.1 Å². The summed E-state index contributed by atoms with van der Waals surface area (Å²) in [5.41, 5.74) is 3.99. The maximum Gasteiger partial charge on any atom is 0.0434 e. The summed E-state index contributed by atoms with van der Waals surface area (Å²) < 4.78 is 1.40. The Morgan fingerprint density at radius 3 is 1.43 bits per heavy atom. The molecular weight excluding hydrogens is 609 g/mol. The second-order valence-corrected chi connectivity index (χ2v) is 15.5. The molecule has 0 amide bonds. The standard InChI is InChI=1S/C48H26S/c1-23-20-24(2)41-36-18-16-32-28-10-9-27-31-13-15-35-39-22-40(25-6-4-3-5-7-25)49-48(39)37-19-17-33(45(31)47(35)37)29-11-8-26(42(28)43(27)29)30-12-14-34(38(41)21-23)46(36)44(30)32/h3-22H,1-2H3. The molecule has 1 aromatic heterocycles. The van der Waals surface area contributed by atoms with Gasteiger partial charge in [-0.2, -0.15) is 0 Å². The van der Waals surface area contributed by atoms with Crippen molar-refractivity contribution in [3.8, 4) is 10.4 Å². The Morgan fingerprint density at radius 1 is 0.367 bits per heavy atom. The van der Waals surface area contributed by atoms with Crippen LogP contribution >= 0.6 is 11.3 Å². The van der Waals surface area contributed by atoms with Crippen LogP contribution in [0.4, 0.5) is 0 Å². The molecule has 0 spiro atoms. The highest BCUT2D eigenvalue weighted by Crippen LogP contribution is 2.49. The number of fused-ring (bicyclic) bond motifs is 6. The summed E-state index contributed by atoms with van der Waals surface area (Å²) in [4.78, 5) is 1.34. The normalized spacial score (nSPS) is 13.1. The zero-order valence-corrected chi connectivity index (χ0v) is 27.8. The molecule has 1 heterocycles. The maximum absolute atomic E-state index is 2.42. The topological polar surface area (TPSA) is 0 Å². The van der Waals surface area contributed by atoms with Crippen LogP contribution in [0.2, 0.25) is 0 Å². The predicted molar refractivity (Wildman–Crippen MR) is 208 cm³/mol. The first kappa shape index (κ1) is 25.3. The summed E-state index contributed by atoms with van der Waals surface area (Å²) in [5.74, 6) is 0. The molecule has 10 aromatic carbocycles. The summed E-state index contributed by atoms with van der Waals surface area (Å²) in [6.45, 7) is 4.49. The first-order valence-corrected chi connectivity index (χ1v) is 18.1. The fourth-order valence-corrected chi connectivity index (χ4v) is 11.4. The van der Waals surface area contributed by atoms with Crippen molar-refractivity contribution in [3.05, 3.63) is 174 Å². The van der Waals surface area contributed by atoms with Gasteiger partial charge in [-0.15, -0.1) is 11.3 Å². The fourth-order valence-electron chi connectivity index (χ4n) is 10.2. The highest BCUT2D eigenvalue weighted by molar-refractivity contribution is 7.13. The van der Waals surface area contributed by atoms with Crippen molar-refractivity contribution in [1.29, 1.82) is 0 Å². The van der Waals surface area contributed by atoms with Crippen molar-refractivity contribution in [2.45, 2.75) is 13.8 Å². The lowest BCUT2D eigenvalue weighted by molar-refractivity contribution is 1.31. The quantitative estimate of drug-likeness (QED) is 0.124. The van der Waals surface area contributed by atoms with E-state index < -0.39 is 0 Å². The van der Waals surface area contributed by atoms with Gasteiger partial charge < -0.3 is 0 Å². The minimum Gasteiger partial charge on any atom is -0.135 e. The van der Waals surface area contributed by atoms with Crippen molar-refractivity contribution >= 4 is 86.7 Å². The maximum atomic E-state index is 2.42. The third-order valence-electron chi connectivity index (χ3n) is 12.0. The molecule has 49 heavy (non-hydrogen) atoms. The molecule has 0 saturated heterocycles. The molecule has 224 valence electrons. The molecule has 13 rings (SSSR count). The van der Waals surface area contributed by atoms with E-state index >= 15 is 0 Å². The summed E-state index contributed by atoms with van der Waals surface area (Å²) in [6, 6.07) is 46.9. The molecule has 11 aromatic rings. The minimum absolute atomic E-state index is 1.30. The van der Waals surface area contributed by atoms with E-state index in [-0.39, 0.29) is 0 Å². The molecule has 2 aliphatic rings. The molecule has 2 aliphatic carbocycles. The number of rotatable bonds is 1. The lowest BCUT2D eigenvalue weighted by Gasteiger charge is -2.19. The zero-order valence-electron chi connectivity index (χ0n) is 27.0. The van der Waals surface area contributed by atoms with Crippen LogP contribution in [0, 0.1) is 54.9 Å². The molecule has 0 radical (unpaired) electrons. The third kappa shape index (κ3) is 2.80. The molecule has 0 saturated carbocycles. The van der Waals surface area contributed by atoms with Gasteiger partial charge in [-0.25, -0.2) is 0 Å². The molecule has 1 heteroatoms. The van der Waals surface area contributed by atoms with Crippen LogP contribution in [0.5, 0.6) is 0 Å². The van der Waals surface area contributed by atoms with Gasteiger partial charge in [-0.3, -0.25) is 0 Å². The van der Waals surface area contributed by atoms with Gasteiger partial charge in [-0.1, -0.05) is 121 Å². The monoisotopic (exact) mass is 634 g/mol. The molecule has 0 atom stereocenters. The minimum atomic E-state index is 1.30. The number of benzene rings is 10. The van der Waals surface area contributed by atoms with Gasteiger partial charge in [0.1, 0.15) is 0 Å². The fraction of sp³-hybridized carbons (Fsp3) is 0.0417. The summed E-state index contributed by atoms with van der Waals surface area (Å²) >= 11 is 1.93. The molecule has 0 bridgehead atoms. The number of thiophene rings is 1. The first-order valence-electron chi connectivity index (χ1n) is 17.3. The Hall–Kier alpha value is -5.76. The highest BCUT2D eigenvalue weighted by Gasteiger charge is 2.22. The second-order valence-electron chi connectivity index (χ2n) is 14.4. The van der Waals surface area contributed by atoms with Gasteiger partial charge in [-0.05, 0) is 133 Å². The molecule has 0 aliphatic heterocycles. The molecule has 0 unspecified atom stereocenters. The van der Waals surface area contributed by atoms with E-state index in [2.05, 4.69) is 135 Å². The van der Waals surface area contributed by atoms with E-state index in [0.29, 0.717) is 0 Å². The Balaban J connectivity index is 1.20. The Bertz CT molecular complexity index is 3640. The Morgan fingerprint density at radius 2 is 0.837 bits per heavy atom. The first-order chi connectivity index (χ1) is 24.1. The van der Waals surface area contributed by atoms with E-state index in [9.17, 15) is 0 Å². The van der Waals surface area contributed by atoms with Gasteiger partial charge >= 0.3 is 0 Å². The average Bonchev–Trinajstić information content (AvgIpc) is 3.80. The zero-order chi connectivity index (χ0) is 31.9. The molecule has 0 fully saturated rings.